The van der Waals surface area contributed by atoms with Crippen molar-refractivity contribution < 1.29 is 9.53 Å². The Kier molecular flexibility index (Phi) is 5.65. The van der Waals surface area contributed by atoms with E-state index >= 15 is 0 Å². The quantitative estimate of drug-likeness (QED) is 0.595. The maximum Gasteiger partial charge on any atom is 0.410 e. The Hall–Kier alpha value is -3.06. The number of carbonyl (C=O) groups excluding carboxylic acids is 1. The van der Waals surface area contributed by atoms with Crippen molar-refractivity contribution in [2.24, 2.45) is 11.7 Å². The summed E-state index contributed by atoms with van der Waals surface area (Å²) in [5, 5.41) is 6.40. The van der Waals surface area contributed by atoms with Gasteiger partial charge in [-0.25, -0.2) is 4.79 Å². The van der Waals surface area contributed by atoms with Gasteiger partial charge in [0.05, 0.1) is 17.3 Å². The highest BCUT2D eigenvalue weighted by molar-refractivity contribution is 5.86. The SMILES string of the molecule is NCC1CC(n2nc(C3CC3)c3cc(N4CCN(C(=O)OCc5ccccc5)CC4)ccc32)C1. The van der Waals surface area contributed by atoms with Crippen molar-refractivity contribution in [2.75, 3.05) is 37.6 Å². The van der Waals surface area contributed by atoms with Crippen molar-refractivity contribution in [2.45, 2.75) is 44.2 Å². The molecule has 2 heterocycles. The molecule has 0 bridgehead atoms. The van der Waals surface area contributed by atoms with Gasteiger partial charge in [0.2, 0.25) is 0 Å². The average Bonchev–Trinajstić information content (AvgIpc) is 3.64. The van der Waals surface area contributed by atoms with E-state index in [1.807, 2.05) is 35.2 Å². The molecule has 3 aliphatic rings. The highest BCUT2D eigenvalue weighted by Gasteiger charge is 2.35. The van der Waals surface area contributed by atoms with Gasteiger partial charge < -0.3 is 20.3 Å². The van der Waals surface area contributed by atoms with E-state index in [4.69, 9.17) is 15.6 Å². The summed E-state index contributed by atoms with van der Waals surface area (Å²) < 4.78 is 7.80. The number of nitrogens with zero attached hydrogens (tertiary/aromatic N) is 4. The summed E-state index contributed by atoms with van der Waals surface area (Å²) >= 11 is 0. The number of hydrogen-bond acceptors (Lipinski definition) is 5. The Morgan fingerprint density at radius 3 is 2.50 bits per heavy atom. The van der Waals surface area contributed by atoms with Gasteiger partial charge in [-0.1, -0.05) is 30.3 Å². The maximum atomic E-state index is 12.5. The monoisotopic (exact) mass is 459 g/mol. The number of nitrogens with two attached hydrogens (primary N) is 1. The van der Waals surface area contributed by atoms with Crippen LogP contribution in [0.2, 0.25) is 0 Å². The zero-order valence-corrected chi connectivity index (χ0v) is 19.6. The van der Waals surface area contributed by atoms with E-state index in [1.54, 1.807) is 0 Å². The molecule has 3 fully saturated rings. The first-order valence-electron chi connectivity index (χ1n) is 12.6. The molecule has 178 valence electrons. The fraction of sp³-hybridized carbons (Fsp3) is 0.481. The number of rotatable bonds is 6. The molecule has 1 aliphatic heterocycles. The van der Waals surface area contributed by atoms with Gasteiger partial charge in [0.25, 0.3) is 0 Å². The molecule has 0 unspecified atom stereocenters. The van der Waals surface area contributed by atoms with E-state index in [0.29, 0.717) is 37.6 Å². The second kappa shape index (κ2) is 8.95. The fourth-order valence-electron chi connectivity index (χ4n) is 5.34. The van der Waals surface area contributed by atoms with Gasteiger partial charge in [-0.2, -0.15) is 5.10 Å². The number of benzene rings is 2. The molecule has 2 N–H and O–H groups in total. The van der Waals surface area contributed by atoms with Crippen LogP contribution < -0.4 is 10.6 Å². The highest BCUT2D eigenvalue weighted by atomic mass is 16.6. The standard InChI is InChI=1S/C27H33N5O2/c28-17-20-14-23(15-20)32-25-9-8-22(16-24(25)26(29-32)21-6-7-21)30-10-12-31(13-11-30)27(33)34-18-19-4-2-1-3-5-19/h1-5,8-9,16,20-21,23H,6-7,10-15,17-18,28H2. The predicted octanol–water partition coefficient (Wildman–Crippen LogP) is 4.28. The molecule has 3 aromatic rings. The summed E-state index contributed by atoms with van der Waals surface area (Å²) in [4.78, 5) is 16.7. The van der Waals surface area contributed by atoms with Gasteiger partial charge in [-0.3, -0.25) is 4.68 Å². The van der Waals surface area contributed by atoms with E-state index in [2.05, 4.69) is 27.8 Å². The number of fused-ring (bicyclic) bond motifs is 1. The third kappa shape index (κ3) is 4.13. The van der Waals surface area contributed by atoms with Gasteiger partial charge >= 0.3 is 6.09 Å². The molecular formula is C27H33N5O2. The van der Waals surface area contributed by atoms with Crippen molar-refractivity contribution in [1.29, 1.82) is 0 Å². The normalized spacial score (nSPS) is 22.6. The van der Waals surface area contributed by atoms with Crippen LogP contribution >= 0.6 is 0 Å². The molecule has 34 heavy (non-hydrogen) atoms. The number of carbonyl (C=O) groups is 1. The number of anilines is 1. The van der Waals surface area contributed by atoms with Crippen LogP contribution in [0.4, 0.5) is 10.5 Å². The zero-order valence-electron chi connectivity index (χ0n) is 19.6. The van der Waals surface area contributed by atoms with E-state index in [1.165, 1.54) is 35.1 Å². The molecule has 2 saturated carbocycles. The van der Waals surface area contributed by atoms with Gasteiger partial charge in [-0.05, 0) is 61.9 Å². The lowest BCUT2D eigenvalue weighted by molar-refractivity contribution is 0.0942. The van der Waals surface area contributed by atoms with Crippen LogP contribution in [0.3, 0.4) is 0 Å². The Morgan fingerprint density at radius 2 is 1.79 bits per heavy atom. The molecule has 2 aromatic carbocycles. The minimum absolute atomic E-state index is 0.229. The van der Waals surface area contributed by atoms with Gasteiger partial charge in [0.15, 0.2) is 0 Å². The maximum absolute atomic E-state index is 12.5. The lowest BCUT2D eigenvalue weighted by atomic mass is 9.80. The van der Waals surface area contributed by atoms with Crippen molar-refractivity contribution in [3.63, 3.8) is 0 Å². The van der Waals surface area contributed by atoms with Gasteiger partial charge in [-0.15, -0.1) is 0 Å². The van der Waals surface area contributed by atoms with Crippen LogP contribution in [0.15, 0.2) is 48.5 Å². The van der Waals surface area contributed by atoms with E-state index < -0.39 is 0 Å². The smallest absolute Gasteiger partial charge is 0.410 e. The van der Waals surface area contributed by atoms with E-state index in [9.17, 15) is 4.79 Å². The van der Waals surface area contributed by atoms with Gasteiger partial charge in [0, 0.05) is 43.2 Å². The first-order valence-corrected chi connectivity index (χ1v) is 12.6. The van der Waals surface area contributed by atoms with Crippen LogP contribution in [0, 0.1) is 5.92 Å². The Balaban J connectivity index is 1.12. The van der Waals surface area contributed by atoms with Crippen LogP contribution in [0.1, 0.15) is 48.9 Å². The Labute approximate surface area is 200 Å². The third-order valence-electron chi connectivity index (χ3n) is 7.68. The third-order valence-corrected chi connectivity index (χ3v) is 7.68. The first kappa shape index (κ1) is 21.5. The number of ether oxygens (including phenoxy) is 1. The van der Waals surface area contributed by atoms with Crippen molar-refractivity contribution in [1.82, 2.24) is 14.7 Å². The summed E-state index contributed by atoms with van der Waals surface area (Å²) in [6.07, 6.45) is 4.54. The topological polar surface area (TPSA) is 76.6 Å². The van der Waals surface area contributed by atoms with Crippen molar-refractivity contribution >= 4 is 22.7 Å². The molecule has 0 spiro atoms. The molecule has 0 radical (unpaired) electrons. The summed E-state index contributed by atoms with van der Waals surface area (Å²) in [6, 6.07) is 17.1. The van der Waals surface area contributed by atoms with Crippen LogP contribution in [-0.4, -0.2) is 53.5 Å². The molecule has 7 nitrogen and oxygen atoms in total. The second-order valence-corrected chi connectivity index (χ2v) is 10.0. The number of piperazine rings is 1. The highest BCUT2D eigenvalue weighted by Crippen LogP contribution is 2.46. The van der Waals surface area contributed by atoms with Gasteiger partial charge in [0.1, 0.15) is 6.61 Å². The summed E-state index contributed by atoms with van der Waals surface area (Å²) in [7, 11) is 0. The molecule has 7 heteroatoms. The molecular weight excluding hydrogens is 426 g/mol. The molecule has 1 amide bonds. The van der Waals surface area contributed by atoms with E-state index in [-0.39, 0.29) is 6.09 Å². The summed E-state index contributed by atoms with van der Waals surface area (Å²) in [5.41, 5.74) is 10.6. The first-order chi connectivity index (χ1) is 16.7. The van der Waals surface area contributed by atoms with Crippen LogP contribution in [0.5, 0.6) is 0 Å². The lowest BCUT2D eigenvalue weighted by Gasteiger charge is -2.36. The van der Waals surface area contributed by atoms with E-state index in [0.717, 1.165) is 38.0 Å². The number of hydrogen-bond donors (Lipinski definition) is 1. The fourth-order valence-corrected chi connectivity index (χ4v) is 5.34. The predicted molar refractivity (Wildman–Crippen MR) is 133 cm³/mol. The van der Waals surface area contributed by atoms with Crippen molar-refractivity contribution in [3.05, 3.63) is 59.8 Å². The summed E-state index contributed by atoms with van der Waals surface area (Å²) in [5.74, 6) is 1.25. The largest absolute Gasteiger partial charge is 0.445 e. The molecule has 1 saturated heterocycles. The zero-order chi connectivity index (χ0) is 23.1. The van der Waals surface area contributed by atoms with Crippen molar-refractivity contribution in [3.8, 4) is 0 Å². The molecule has 1 aromatic heterocycles. The molecule has 6 rings (SSSR count). The molecule has 2 aliphatic carbocycles. The Bertz CT molecular complexity index is 1160. The minimum atomic E-state index is -0.229. The minimum Gasteiger partial charge on any atom is -0.445 e. The van der Waals surface area contributed by atoms with Crippen LogP contribution in [0.25, 0.3) is 10.9 Å². The van der Waals surface area contributed by atoms with Crippen LogP contribution in [-0.2, 0) is 11.3 Å². The number of amides is 1. The average molecular weight is 460 g/mol. The lowest BCUT2D eigenvalue weighted by Crippen LogP contribution is -2.48. The second-order valence-electron chi connectivity index (χ2n) is 10.0. The summed E-state index contributed by atoms with van der Waals surface area (Å²) in [6.45, 7) is 4.05. The Morgan fingerprint density at radius 1 is 1.03 bits per heavy atom. The number of aromatic nitrogens is 2. The molecule has 0 atom stereocenters.